The number of rotatable bonds is 2. The van der Waals surface area contributed by atoms with Gasteiger partial charge in [0.05, 0.1) is 16.5 Å². The van der Waals surface area contributed by atoms with Crippen LogP contribution in [0.5, 0.6) is 0 Å². The second-order valence-electron chi connectivity index (χ2n) is 4.69. The normalized spacial score (nSPS) is 17.8. The van der Waals surface area contributed by atoms with E-state index in [1.807, 2.05) is 23.1 Å². The predicted octanol–water partition coefficient (Wildman–Crippen LogP) is 2.63. The number of para-hydroxylation sites is 1. The third kappa shape index (κ3) is 2.43. The van der Waals surface area contributed by atoms with E-state index in [2.05, 4.69) is 11.1 Å². The van der Waals surface area contributed by atoms with Gasteiger partial charge in [-0.3, -0.25) is 4.79 Å². The number of hydrogen-bond acceptors (Lipinski definition) is 3. The summed E-state index contributed by atoms with van der Waals surface area (Å²) in [4.78, 5) is 18.5. The zero-order valence-corrected chi connectivity index (χ0v) is 11.1. The van der Waals surface area contributed by atoms with E-state index in [0.29, 0.717) is 5.75 Å². The molecule has 1 saturated heterocycles. The van der Waals surface area contributed by atoms with Gasteiger partial charge >= 0.3 is 0 Å². The molecular weight excluding hydrogens is 244 g/mol. The van der Waals surface area contributed by atoms with Crippen LogP contribution in [0, 0.1) is 0 Å². The van der Waals surface area contributed by atoms with Crippen LogP contribution in [0.1, 0.15) is 18.4 Å². The van der Waals surface area contributed by atoms with Crippen molar-refractivity contribution >= 4 is 28.4 Å². The number of fused-ring (bicyclic) bond motifs is 1. The molecule has 0 unspecified atom stereocenters. The fourth-order valence-corrected chi connectivity index (χ4v) is 3.29. The topological polar surface area (TPSA) is 32.7 Å². The van der Waals surface area contributed by atoms with E-state index in [1.54, 1.807) is 11.8 Å². The van der Waals surface area contributed by atoms with Gasteiger partial charge in [-0.25, -0.2) is 4.99 Å². The van der Waals surface area contributed by atoms with Gasteiger partial charge in [0.25, 0.3) is 0 Å². The van der Waals surface area contributed by atoms with Crippen molar-refractivity contribution in [3.63, 3.8) is 0 Å². The first-order valence-electron chi connectivity index (χ1n) is 6.39. The highest BCUT2D eigenvalue weighted by molar-refractivity contribution is 8.14. The first kappa shape index (κ1) is 11.8. The summed E-state index contributed by atoms with van der Waals surface area (Å²) in [5.41, 5.74) is 2.34. The lowest BCUT2D eigenvalue weighted by Gasteiger charge is -2.14. The average molecular weight is 260 g/mol. The molecule has 0 radical (unpaired) electrons. The molecule has 0 atom stereocenters. The lowest BCUT2D eigenvalue weighted by Crippen LogP contribution is -2.29. The average Bonchev–Trinajstić information content (AvgIpc) is 3.04. The number of nitrogens with zero attached hydrogens (tertiary/aromatic N) is 2. The second kappa shape index (κ2) is 5.14. The molecule has 2 aliphatic rings. The van der Waals surface area contributed by atoms with Crippen LogP contribution in [0.4, 0.5) is 5.69 Å². The predicted molar refractivity (Wildman–Crippen MR) is 75.5 cm³/mol. The highest BCUT2D eigenvalue weighted by atomic mass is 32.2. The third-order valence-corrected chi connectivity index (χ3v) is 4.36. The van der Waals surface area contributed by atoms with E-state index in [-0.39, 0.29) is 5.91 Å². The summed E-state index contributed by atoms with van der Waals surface area (Å²) in [6.45, 7) is 1.87. The number of hydrogen-bond donors (Lipinski definition) is 0. The summed E-state index contributed by atoms with van der Waals surface area (Å²) in [5.74, 6) is 0.795. The maximum Gasteiger partial charge on any atom is 0.232 e. The van der Waals surface area contributed by atoms with Crippen molar-refractivity contribution < 1.29 is 4.79 Å². The van der Waals surface area contributed by atoms with Crippen molar-refractivity contribution in [1.29, 1.82) is 0 Å². The van der Waals surface area contributed by atoms with Gasteiger partial charge in [0, 0.05) is 19.5 Å². The smallest absolute Gasteiger partial charge is 0.232 e. The highest BCUT2D eigenvalue weighted by Crippen LogP contribution is 2.29. The second-order valence-corrected chi connectivity index (χ2v) is 5.74. The van der Waals surface area contributed by atoms with Crippen molar-refractivity contribution in [2.75, 3.05) is 18.8 Å². The van der Waals surface area contributed by atoms with E-state index < -0.39 is 0 Å². The Balaban J connectivity index is 1.55. The van der Waals surface area contributed by atoms with Crippen LogP contribution in [0.25, 0.3) is 0 Å². The van der Waals surface area contributed by atoms with Gasteiger partial charge < -0.3 is 4.90 Å². The van der Waals surface area contributed by atoms with Crippen molar-refractivity contribution in [1.82, 2.24) is 4.90 Å². The zero-order valence-electron chi connectivity index (χ0n) is 10.3. The van der Waals surface area contributed by atoms with E-state index in [0.717, 1.165) is 43.1 Å². The summed E-state index contributed by atoms with van der Waals surface area (Å²) in [6.07, 6.45) is 3.19. The van der Waals surface area contributed by atoms with E-state index in [1.165, 1.54) is 5.56 Å². The summed E-state index contributed by atoms with van der Waals surface area (Å²) in [5, 5.41) is 1.07. The molecule has 1 aromatic rings. The maximum absolute atomic E-state index is 11.9. The molecule has 94 valence electrons. The Hall–Kier alpha value is -1.29. The van der Waals surface area contributed by atoms with Gasteiger partial charge in [0.2, 0.25) is 5.91 Å². The minimum absolute atomic E-state index is 0.260. The molecule has 0 saturated carbocycles. The lowest BCUT2D eigenvalue weighted by atomic mass is 10.2. The Morgan fingerprint density at radius 1 is 1.28 bits per heavy atom. The number of thioether (sulfide) groups is 1. The Morgan fingerprint density at radius 2 is 2.06 bits per heavy atom. The fourth-order valence-electron chi connectivity index (χ4n) is 2.39. The lowest BCUT2D eigenvalue weighted by molar-refractivity contribution is -0.127. The summed E-state index contributed by atoms with van der Waals surface area (Å²) >= 11 is 1.59. The molecule has 1 aromatic carbocycles. The summed E-state index contributed by atoms with van der Waals surface area (Å²) in [6, 6.07) is 8.18. The minimum atomic E-state index is 0.260. The Bertz CT molecular complexity index is 492. The molecule has 2 heterocycles. The number of likely N-dealkylation sites (tertiary alicyclic amines) is 1. The summed E-state index contributed by atoms with van der Waals surface area (Å²) < 4.78 is 0. The molecule has 0 bridgehead atoms. The minimum Gasteiger partial charge on any atom is -0.342 e. The van der Waals surface area contributed by atoms with Crippen LogP contribution in [0.3, 0.4) is 0 Å². The largest absolute Gasteiger partial charge is 0.342 e. The molecule has 0 N–H and O–H groups in total. The van der Waals surface area contributed by atoms with Gasteiger partial charge in [-0.2, -0.15) is 0 Å². The van der Waals surface area contributed by atoms with Crippen molar-refractivity contribution in [3.05, 3.63) is 29.8 Å². The Morgan fingerprint density at radius 3 is 2.83 bits per heavy atom. The molecule has 0 aliphatic carbocycles. The van der Waals surface area contributed by atoms with Crippen LogP contribution in [-0.4, -0.2) is 34.7 Å². The Labute approximate surface area is 111 Å². The van der Waals surface area contributed by atoms with Crippen LogP contribution in [-0.2, 0) is 11.2 Å². The van der Waals surface area contributed by atoms with Gasteiger partial charge in [-0.15, -0.1) is 11.8 Å². The van der Waals surface area contributed by atoms with Crippen LogP contribution >= 0.6 is 11.8 Å². The van der Waals surface area contributed by atoms with Crippen molar-refractivity contribution in [2.24, 2.45) is 4.99 Å². The SMILES string of the molecule is O=C(CSC1=Nc2ccccc2C1)N1CCCC1. The summed E-state index contributed by atoms with van der Waals surface area (Å²) in [7, 11) is 0. The molecule has 2 aliphatic heterocycles. The van der Waals surface area contributed by atoms with Gasteiger partial charge in [0.15, 0.2) is 0 Å². The van der Waals surface area contributed by atoms with Crippen LogP contribution in [0.15, 0.2) is 29.3 Å². The first-order chi connectivity index (χ1) is 8.83. The third-order valence-electron chi connectivity index (χ3n) is 3.40. The number of aliphatic imine (C=N–C) groups is 1. The number of benzene rings is 1. The maximum atomic E-state index is 11.9. The standard InChI is InChI=1S/C14H16N2OS/c17-14(16-7-3-4-8-16)10-18-13-9-11-5-1-2-6-12(11)15-13/h1-2,5-6H,3-4,7-10H2. The van der Waals surface area contributed by atoms with Crippen molar-refractivity contribution in [3.8, 4) is 0 Å². The van der Waals surface area contributed by atoms with Gasteiger partial charge in [-0.05, 0) is 24.5 Å². The number of carbonyl (C=O) groups is 1. The molecule has 3 rings (SSSR count). The van der Waals surface area contributed by atoms with Crippen molar-refractivity contribution in [2.45, 2.75) is 19.3 Å². The fraction of sp³-hybridized carbons (Fsp3) is 0.429. The van der Waals surface area contributed by atoms with E-state index >= 15 is 0 Å². The molecule has 1 fully saturated rings. The van der Waals surface area contributed by atoms with Crippen LogP contribution in [0.2, 0.25) is 0 Å². The quantitative estimate of drug-likeness (QED) is 0.819. The molecule has 18 heavy (non-hydrogen) atoms. The monoisotopic (exact) mass is 260 g/mol. The van der Waals surface area contributed by atoms with Crippen LogP contribution < -0.4 is 0 Å². The Kier molecular flexibility index (Phi) is 3.37. The highest BCUT2D eigenvalue weighted by Gasteiger charge is 2.20. The molecule has 0 aromatic heterocycles. The molecule has 4 heteroatoms. The number of amides is 1. The van der Waals surface area contributed by atoms with Gasteiger partial charge in [-0.1, -0.05) is 18.2 Å². The molecule has 0 spiro atoms. The van der Waals surface area contributed by atoms with E-state index in [4.69, 9.17) is 0 Å². The first-order valence-corrected chi connectivity index (χ1v) is 7.37. The molecule has 3 nitrogen and oxygen atoms in total. The van der Waals surface area contributed by atoms with E-state index in [9.17, 15) is 4.79 Å². The molecular formula is C14H16N2OS. The molecule has 1 amide bonds. The zero-order chi connectivity index (χ0) is 12.4. The number of carbonyl (C=O) groups excluding carboxylic acids is 1. The van der Waals surface area contributed by atoms with Gasteiger partial charge in [0.1, 0.15) is 0 Å².